The zero-order chi connectivity index (χ0) is 15.5. The van der Waals surface area contributed by atoms with Gasteiger partial charge in [-0.2, -0.15) is 0 Å². The number of aromatic nitrogens is 2. The smallest absolute Gasteiger partial charge is 0.152 e. The number of imidazole rings is 1. The maximum absolute atomic E-state index is 5.17. The first kappa shape index (κ1) is 15.8. The Kier molecular flexibility index (Phi) is 4.85. The van der Waals surface area contributed by atoms with Crippen LogP contribution in [0.4, 0.5) is 5.82 Å². The molecule has 0 aliphatic carbocycles. The first-order chi connectivity index (χ1) is 9.92. The van der Waals surface area contributed by atoms with Crippen LogP contribution in [0.15, 0.2) is 24.4 Å². The molecule has 0 fully saturated rings. The lowest BCUT2D eigenvalue weighted by Crippen LogP contribution is -2.36. The number of fused-ring (bicyclic) bond motifs is 1. The van der Waals surface area contributed by atoms with E-state index in [-0.39, 0.29) is 5.54 Å². The van der Waals surface area contributed by atoms with Crippen molar-refractivity contribution in [2.24, 2.45) is 0 Å². The summed E-state index contributed by atoms with van der Waals surface area (Å²) in [6.45, 7) is 8.81. The Morgan fingerprint density at radius 3 is 2.76 bits per heavy atom. The van der Waals surface area contributed by atoms with Crippen LogP contribution < -0.4 is 10.2 Å². The summed E-state index contributed by atoms with van der Waals surface area (Å²) in [7, 11) is 3.78. The van der Waals surface area contributed by atoms with Crippen molar-refractivity contribution in [1.29, 1.82) is 0 Å². The van der Waals surface area contributed by atoms with Gasteiger partial charge in [-0.1, -0.05) is 6.07 Å². The molecule has 2 heterocycles. The first-order valence-electron chi connectivity index (χ1n) is 7.33. The van der Waals surface area contributed by atoms with E-state index in [4.69, 9.17) is 9.72 Å². The molecular weight excluding hydrogens is 264 g/mol. The van der Waals surface area contributed by atoms with Crippen molar-refractivity contribution in [3.63, 3.8) is 0 Å². The van der Waals surface area contributed by atoms with Crippen LogP contribution in [0.25, 0.3) is 5.65 Å². The van der Waals surface area contributed by atoms with Crippen LogP contribution in [-0.2, 0) is 11.3 Å². The fourth-order valence-corrected chi connectivity index (χ4v) is 2.19. The van der Waals surface area contributed by atoms with Gasteiger partial charge >= 0.3 is 0 Å². The molecule has 0 bridgehead atoms. The van der Waals surface area contributed by atoms with Gasteiger partial charge in [0.1, 0.15) is 5.65 Å². The predicted molar refractivity (Wildman–Crippen MR) is 86.9 cm³/mol. The molecule has 0 aromatic carbocycles. The molecule has 0 aliphatic rings. The van der Waals surface area contributed by atoms with E-state index < -0.39 is 0 Å². The molecule has 21 heavy (non-hydrogen) atoms. The van der Waals surface area contributed by atoms with Gasteiger partial charge in [0.15, 0.2) is 5.82 Å². The standard InChI is InChI=1S/C16H26N4O/c1-16(2,3)17-12-13-15(19(4)10-11-21-5)18-14-8-6-7-9-20(13)14/h6-9,17H,10-12H2,1-5H3. The molecule has 0 aliphatic heterocycles. The number of hydrogen-bond acceptors (Lipinski definition) is 4. The molecule has 0 radical (unpaired) electrons. The highest BCUT2D eigenvalue weighted by molar-refractivity contribution is 5.55. The molecular formula is C16H26N4O. The van der Waals surface area contributed by atoms with E-state index in [0.717, 1.165) is 24.6 Å². The quantitative estimate of drug-likeness (QED) is 0.886. The molecule has 0 unspecified atom stereocenters. The summed E-state index contributed by atoms with van der Waals surface area (Å²) in [5.74, 6) is 1.01. The molecule has 0 spiro atoms. The topological polar surface area (TPSA) is 41.8 Å². The Hall–Kier alpha value is -1.59. The van der Waals surface area contributed by atoms with Crippen LogP contribution in [0.5, 0.6) is 0 Å². The maximum atomic E-state index is 5.17. The van der Waals surface area contributed by atoms with Gasteiger partial charge in [0.2, 0.25) is 0 Å². The largest absolute Gasteiger partial charge is 0.383 e. The number of nitrogens with zero attached hydrogens (tertiary/aromatic N) is 3. The first-order valence-corrected chi connectivity index (χ1v) is 7.33. The molecule has 2 rings (SSSR count). The zero-order valence-electron chi connectivity index (χ0n) is 13.7. The van der Waals surface area contributed by atoms with E-state index in [1.54, 1.807) is 7.11 Å². The molecule has 0 atom stereocenters. The van der Waals surface area contributed by atoms with E-state index in [0.29, 0.717) is 6.61 Å². The highest BCUT2D eigenvalue weighted by Gasteiger charge is 2.17. The Morgan fingerprint density at radius 2 is 2.10 bits per heavy atom. The average molecular weight is 290 g/mol. The normalized spacial score (nSPS) is 12.0. The Labute approximate surface area is 126 Å². The summed E-state index contributed by atoms with van der Waals surface area (Å²) in [6.07, 6.45) is 2.07. The second-order valence-corrected chi connectivity index (χ2v) is 6.33. The van der Waals surface area contributed by atoms with Crippen molar-refractivity contribution in [2.45, 2.75) is 32.9 Å². The third-order valence-corrected chi connectivity index (χ3v) is 3.39. The summed E-state index contributed by atoms with van der Waals surface area (Å²) in [5, 5.41) is 3.55. The van der Waals surface area contributed by atoms with Crippen molar-refractivity contribution in [2.75, 3.05) is 32.2 Å². The molecule has 1 N–H and O–H groups in total. The van der Waals surface area contributed by atoms with E-state index in [2.05, 4.69) is 48.6 Å². The van der Waals surface area contributed by atoms with Crippen molar-refractivity contribution < 1.29 is 4.74 Å². The summed E-state index contributed by atoms with van der Waals surface area (Å²) in [5.41, 5.74) is 2.23. The molecule has 116 valence electrons. The number of likely N-dealkylation sites (N-methyl/N-ethyl adjacent to an activating group) is 1. The van der Waals surface area contributed by atoms with Crippen LogP contribution in [-0.4, -0.2) is 42.2 Å². The van der Waals surface area contributed by atoms with Crippen LogP contribution in [0.1, 0.15) is 26.5 Å². The van der Waals surface area contributed by atoms with Gasteiger partial charge < -0.3 is 19.4 Å². The summed E-state index contributed by atoms with van der Waals surface area (Å²) < 4.78 is 7.32. The molecule has 0 saturated carbocycles. The second kappa shape index (κ2) is 6.45. The number of methoxy groups -OCH3 is 1. The minimum Gasteiger partial charge on any atom is -0.383 e. The lowest BCUT2D eigenvalue weighted by Gasteiger charge is -2.23. The van der Waals surface area contributed by atoms with Crippen LogP contribution in [0.2, 0.25) is 0 Å². The van der Waals surface area contributed by atoms with Gasteiger partial charge in [-0.25, -0.2) is 4.98 Å². The van der Waals surface area contributed by atoms with Crippen molar-refractivity contribution in [3.05, 3.63) is 30.1 Å². The van der Waals surface area contributed by atoms with Crippen LogP contribution in [0.3, 0.4) is 0 Å². The Balaban J connectivity index is 2.33. The van der Waals surface area contributed by atoms with Crippen molar-refractivity contribution >= 4 is 11.5 Å². The highest BCUT2D eigenvalue weighted by atomic mass is 16.5. The Morgan fingerprint density at radius 1 is 1.33 bits per heavy atom. The zero-order valence-corrected chi connectivity index (χ0v) is 13.7. The molecule has 0 amide bonds. The molecule has 5 heteroatoms. The molecule has 2 aromatic heterocycles. The monoisotopic (exact) mass is 290 g/mol. The number of ether oxygens (including phenoxy) is 1. The van der Waals surface area contributed by atoms with Crippen molar-refractivity contribution in [3.8, 4) is 0 Å². The Bertz CT molecular complexity index is 585. The molecule has 2 aromatic rings. The van der Waals surface area contributed by atoms with Crippen LogP contribution >= 0.6 is 0 Å². The average Bonchev–Trinajstić information content (AvgIpc) is 2.80. The van der Waals surface area contributed by atoms with Gasteiger partial charge in [0.25, 0.3) is 0 Å². The van der Waals surface area contributed by atoms with E-state index in [1.807, 2.05) is 18.2 Å². The third kappa shape index (κ3) is 3.95. The lowest BCUT2D eigenvalue weighted by molar-refractivity contribution is 0.206. The number of nitrogens with one attached hydrogen (secondary N) is 1. The minimum atomic E-state index is 0.0707. The van der Waals surface area contributed by atoms with E-state index >= 15 is 0 Å². The van der Waals surface area contributed by atoms with E-state index in [1.165, 1.54) is 5.69 Å². The maximum Gasteiger partial charge on any atom is 0.152 e. The fraction of sp³-hybridized carbons (Fsp3) is 0.562. The fourth-order valence-electron chi connectivity index (χ4n) is 2.19. The number of pyridine rings is 1. The summed E-state index contributed by atoms with van der Waals surface area (Å²) >= 11 is 0. The number of anilines is 1. The minimum absolute atomic E-state index is 0.0707. The number of hydrogen-bond donors (Lipinski definition) is 1. The SMILES string of the molecule is COCCN(C)c1nc2ccccn2c1CNC(C)(C)C. The highest BCUT2D eigenvalue weighted by Crippen LogP contribution is 2.21. The van der Waals surface area contributed by atoms with Gasteiger partial charge in [0, 0.05) is 39.0 Å². The van der Waals surface area contributed by atoms with E-state index in [9.17, 15) is 0 Å². The lowest BCUT2D eigenvalue weighted by atomic mass is 10.1. The summed E-state index contributed by atoms with van der Waals surface area (Å²) in [6, 6.07) is 6.09. The summed E-state index contributed by atoms with van der Waals surface area (Å²) in [4.78, 5) is 6.91. The van der Waals surface area contributed by atoms with Gasteiger partial charge in [0.05, 0.1) is 12.3 Å². The predicted octanol–water partition coefficient (Wildman–Crippen LogP) is 2.31. The van der Waals surface area contributed by atoms with Crippen molar-refractivity contribution in [1.82, 2.24) is 14.7 Å². The molecule has 5 nitrogen and oxygen atoms in total. The van der Waals surface area contributed by atoms with Crippen LogP contribution in [0, 0.1) is 0 Å². The van der Waals surface area contributed by atoms with Gasteiger partial charge in [-0.15, -0.1) is 0 Å². The molecule has 0 saturated heterocycles. The van der Waals surface area contributed by atoms with Gasteiger partial charge in [-0.05, 0) is 32.9 Å². The van der Waals surface area contributed by atoms with Gasteiger partial charge in [-0.3, -0.25) is 0 Å². The number of rotatable bonds is 6. The third-order valence-electron chi connectivity index (χ3n) is 3.39. The second-order valence-electron chi connectivity index (χ2n) is 6.33.